The van der Waals surface area contributed by atoms with Gasteiger partial charge in [0, 0.05) is 42.5 Å². The van der Waals surface area contributed by atoms with Crippen molar-refractivity contribution in [1.29, 1.82) is 0 Å². The number of hydrogen-bond acceptors (Lipinski definition) is 3. The van der Waals surface area contributed by atoms with Crippen molar-refractivity contribution in [3.8, 4) is 0 Å². The van der Waals surface area contributed by atoms with Gasteiger partial charge >= 0.3 is 0 Å². The molecule has 0 aliphatic rings. The summed E-state index contributed by atoms with van der Waals surface area (Å²) in [5, 5.41) is 3.66. The maximum absolute atomic E-state index is 13.5. The Morgan fingerprint density at radius 1 is 0.886 bits per heavy atom. The number of amides is 2. The fourth-order valence-electron chi connectivity index (χ4n) is 3.77. The average Bonchev–Trinajstić information content (AvgIpc) is 2.89. The van der Waals surface area contributed by atoms with Gasteiger partial charge in [0.05, 0.1) is 0 Å². The summed E-state index contributed by atoms with van der Waals surface area (Å²) in [6.45, 7) is 2.96. The van der Waals surface area contributed by atoms with Crippen molar-refractivity contribution in [2.45, 2.75) is 44.5 Å². The van der Waals surface area contributed by atoms with Gasteiger partial charge in [-0.25, -0.2) is 0 Å². The zero-order chi connectivity index (χ0) is 24.9. The topological polar surface area (TPSA) is 49.4 Å². The predicted octanol–water partition coefficient (Wildman–Crippen LogP) is 6.13. The smallest absolute Gasteiger partial charge is 0.243 e. The highest BCUT2D eigenvalue weighted by Gasteiger charge is 2.30. The van der Waals surface area contributed by atoms with Crippen molar-refractivity contribution in [3.63, 3.8) is 0 Å². The first-order valence-electron chi connectivity index (χ1n) is 12.0. The van der Waals surface area contributed by atoms with E-state index in [2.05, 4.69) is 17.4 Å². The van der Waals surface area contributed by atoms with Crippen LogP contribution in [0, 0.1) is 0 Å². The Bertz CT molecular complexity index is 1050. The molecule has 0 saturated carbocycles. The molecule has 0 aromatic heterocycles. The van der Waals surface area contributed by atoms with E-state index in [9.17, 15) is 9.59 Å². The Morgan fingerprint density at radius 3 is 2.14 bits per heavy atom. The SMILES string of the molecule is CCCNC(=O)C(Cc1ccccc1)N(Cc1ccc(Cl)cc1)C(=O)CCSCc1ccccc1. The van der Waals surface area contributed by atoms with Crippen molar-refractivity contribution >= 4 is 35.2 Å². The summed E-state index contributed by atoms with van der Waals surface area (Å²) in [6, 6.07) is 27.0. The van der Waals surface area contributed by atoms with Gasteiger partial charge in [-0.1, -0.05) is 91.3 Å². The van der Waals surface area contributed by atoms with Crippen LogP contribution in [0.3, 0.4) is 0 Å². The standard InChI is InChI=1S/C29H33ClN2O2S/c1-2-18-31-29(34)27(20-23-9-5-3-6-10-23)32(21-24-13-15-26(30)16-14-24)28(33)17-19-35-22-25-11-7-4-8-12-25/h3-16,27H,2,17-22H2,1H3,(H,31,34). The van der Waals surface area contributed by atoms with Crippen LogP contribution >= 0.6 is 23.4 Å². The molecule has 0 spiro atoms. The molecule has 3 aromatic rings. The molecule has 0 aliphatic carbocycles. The molecule has 1 unspecified atom stereocenters. The first-order valence-corrected chi connectivity index (χ1v) is 13.6. The Labute approximate surface area is 218 Å². The van der Waals surface area contributed by atoms with Gasteiger partial charge < -0.3 is 10.2 Å². The van der Waals surface area contributed by atoms with Crippen LogP contribution < -0.4 is 5.32 Å². The van der Waals surface area contributed by atoms with E-state index in [-0.39, 0.29) is 11.8 Å². The number of hydrogen-bond donors (Lipinski definition) is 1. The summed E-state index contributed by atoms with van der Waals surface area (Å²) >= 11 is 7.81. The van der Waals surface area contributed by atoms with Crippen molar-refractivity contribution in [2.75, 3.05) is 12.3 Å². The minimum atomic E-state index is -0.591. The van der Waals surface area contributed by atoms with Crippen LogP contribution in [0.15, 0.2) is 84.9 Å². The average molecular weight is 509 g/mol. The van der Waals surface area contributed by atoms with Crippen molar-refractivity contribution in [3.05, 3.63) is 107 Å². The minimum absolute atomic E-state index is 0.0203. The Kier molecular flexibility index (Phi) is 11.2. The highest BCUT2D eigenvalue weighted by molar-refractivity contribution is 7.98. The number of nitrogens with one attached hydrogen (secondary N) is 1. The molecule has 1 N–H and O–H groups in total. The number of halogens is 1. The van der Waals surface area contributed by atoms with Gasteiger partial charge in [0.25, 0.3) is 0 Å². The second kappa shape index (κ2) is 14.6. The van der Waals surface area contributed by atoms with Gasteiger partial charge in [-0.3, -0.25) is 9.59 Å². The largest absolute Gasteiger partial charge is 0.354 e. The van der Waals surface area contributed by atoms with E-state index < -0.39 is 6.04 Å². The molecule has 0 aliphatic heterocycles. The van der Waals surface area contributed by atoms with E-state index in [4.69, 9.17) is 11.6 Å². The zero-order valence-electron chi connectivity index (χ0n) is 20.2. The molecule has 0 bridgehead atoms. The van der Waals surface area contributed by atoms with Crippen molar-refractivity contribution in [1.82, 2.24) is 10.2 Å². The molecule has 3 aromatic carbocycles. The molecule has 0 fully saturated rings. The molecule has 184 valence electrons. The van der Waals surface area contributed by atoms with Crippen LogP contribution in [0.5, 0.6) is 0 Å². The predicted molar refractivity (Wildman–Crippen MR) is 146 cm³/mol. The summed E-state index contributed by atoms with van der Waals surface area (Å²) < 4.78 is 0. The number of nitrogens with zero attached hydrogens (tertiary/aromatic N) is 1. The van der Waals surface area contributed by atoms with Crippen molar-refractivity contribution < 1.29 is 9.59 Å². The first kappa shape index (κ1) is 26.8. The zero-order valence-corrected chi connectivity index (χ0v) is 21.7. The van der Waals surface area contributed by atoms with Gasteiger partial charge in [-0.05, 0) is 35.2 Å². The quantitative estimate of drug-likeness (QED) is 0.282. The molecule has 1 atom stereocenters. The van der Waals surface area contributed by atoms with E-state index in [1.165, 1.54) is 5.56 Å². The third-order valence-corrected chi connectivity index (χ3v) is 6.94. The molecule has 3 rings (SSSR count). The number of thioether (sulfide) groups is 1. The third-order valence-electron chi connectivity index (χ3n) is 5.66. The molecular weight excluding hydrogens is 476 g/mol. The highest BCUT2D eigenvalue weighted by Crippen LogP contribution is 2.19. The molecule has 6 heteroatoms. The number of carbonyl (C=O) groups excluding carboxylic acids is 2. The molecule has 0 heterocycles. The molecule has 0 saturated heterocycles. The molecule has 2 amide bonds. The lowest BCUT2D eigenvalue weighted by Crippen LogP contribution is -2.50. The maximum atomic E-state index is 13.5. The monoisotopic (exact) mass is 508 g/mol. The number of benzene rings is 3. The van der Waals surface area contributed by atoms with Crippen LogP contribution in [0.2, 0.25) is 5.02 Å². The molecule has 4 nitrogen and oxygen atoms in total. The normalized spacial score (nSPS) is 11.6. The Morgan fingerprint density at radius 2 is 1.51 bits per heavy atom. The van der Waals surface area contributed by atoms with Gasteiger partial charge in [0.15, 0.2) is 0 Å². The first-order chi connectivity index (χ1) is 17.1. The fourth-order valence-corrected chi connectivity index (χ4v) is 4.79. The van der Waals surface area contributed by atoms with Crippen LogP contribution in [0.25, 0.3) is 0 Å². The number of rotatable bonds is 13. The van der Waals surface area contributed by atoms with E-state index >= 15 is 0 Å². The van der Waals surface area contributed by atoms with Crippen LogP contribution in [-0.2, 0) is 28.3 Å². The van der Waals surface area contributed by atoms with Crippen LogP contribution in [-0.4, -0.2) is 35.1 Å². The van der Waals surface area contributed by atoms with Crippen LogP contribution in [0.1, 0.15) is 36.5 Å². The van der Waals surface area contributed by atoms with Crippen molar-refractivity contribution in [2.24, 2.45) is 0 Å². The van der Waals surface area contributed by atoms with Gasteiger partial charge in [-0.2, -0.15) is 11.8 Å². The summed E-state index contributed by atoms with van der Waals surface area (Å²) in [5.74, 6) is 1.41. The fraction of sp³-hybridized carbons (Fsp3) is 0.310. The second-order valence-corrected chi connectivity index (χ2v) is 9.97. The second-order valence-electron chi connectivity index (χ2n) is 8.43. The lowest BCUT2D eigenvalue weighted by molar-refractivity contribution is -0.141. The van der Waals surface area contributed by atoms with Gasteiger partial charge in [-0.15, -0.1) is 0 Å². The maximum Gasteiger partial charge on any atom is 0.243 e. The summed E-state index contributed by atoms with van der Waals surface area (Å²) in [4.78, 5) is 28.6. The minimum Gasteiger partial charge on any atom is -0.354 e. The van der Waals surface area contributed by atoms with E-state index in [1.54, 1.807) is 16.7 Å². The van der Waals surface area contributed by atoms with Gasteiger partial charge in [0.1, 0.15) is 6.04 Å². The Hall–Kier alpha value is -2.76. The van der Waals surface area contributed by atoms with Crippen LogP contribution in [0.4, 0.5) is 0 Å². The number of carbonyl (C=O) groups is 2. The highest BCUT2D eigenvalue weighted by atomic mass is 35.5. The summed E-state index contributed by atoms with van der Waals surface area (Å²) in [6.07, 6.45) is 1.68. The molecule has 35 heavy (non-hydrogen) atoms. The lowest BCUT2D eigenvalue weighted by Gasteiger charge is -2.31. The third kappa shape index (κ3) is 9.08. The van der Waals surface area contributed by atoms with E-state index in [1.807, 2.05) is 79.7 Å². The van der Waals surface area contributed by atoms with E-state index in [0.717, 1.165) is 23.3 Å². The van der Waals surface area contributed by atoms with E-state index in [0.29, 0.717) is 36.7 Å². The Balaban J connectivity index is 1.77. The summed E-state index contributed by atoms with van der Waals surface area (Å²) in [7, 11) is 0. The molecule has 0 radical (unpaired) electrons. The molecular formula is C29H33ClN2O2S. The lowest BCUT2D eigenvalue weighted by atomic mass is 10.0. The summed E-state index contributed by atoms with van der Waals surface area (Å²) in [5.41, 5.74) is 3.21. The van der Waals surface area contributed by atoms with Gasteiger partial charge in [0.2, 0.25) is 11.8 Å².